The van der Waals surface area contributed by atoms with E-state index in [4.69, 9.17) is 5.21 Å². The fourth-order valence-corrected chi connectivity index (χ4v) is 5.22. The molecule has 6 nitrogen and oxygen atoms in total. The Morgan fingerprint density at radius 2 is 1.66 bits per heavy atom. The molecule has 0 saturated heterocycles. The van der Waals surface area contributed by atoms with Crippen molar-refractivity contribution in [2.24, 2.45) is 0 Å². The van der Waals surface area contributed by atoms with E-state index in [0.717, 1.165) is 26.2 Å². The second kappa shape index (κ2) is 7.79. The third-order valence-electron chi connectivity index (χ3n) is 5.15. The van der Waals surface area contributed by atoms with Crippen molar-refractivity contribution in [2.45, 2.75) is 17.4 Å². The second-order valence-electron chi connectivity index (χ2n) is 6.88. The summed E-state index contributed by atoms with van der Waals surface area (Å²) < 4.78 is 28.1. The molecule has 0 aliphatic carbocycles. The highest BCUT2D eigenvalue weighted by molar-refractivity contribution is 7.89. The number of nitrogens with one attached hydrogen (secondary N) is 1. The molecule has 0 unspecified atom stereocenters. The van der Waals surface area contributed by atoms with Gasteiger partial charge in [-0.3, -0.25) is 10.0 Å². The highest BCUT2D eigenvalue weighted by Gasteiger charge is 2.38. The molecule has 0 saturated carbocycles. The van der Waals surface area contributed by atoms with Gasteiger partial charge in [-0.05, 0) is 40.5 Å². The normalized spacial score (nSPS) is 17.7. The minimum atomic E-state index is -3.98. The van der Waals surface area contributed by atoms with Crippen molar-refractivity contribution in [1.29, 1.82) is 0 Å². The number of rotatable bonds is 4. The van der Waals surface area contributed by atoms with Crippen molar-refractivity contribution in [3.63, 3.8) is 0 Å². The summed E-state index contributed by atoms with van der Waals surface area (Å²) in [6, 6.07) is 20.8. The molecule has 148 valence electrons. The third-order valence-corrected chi connectivity index (χ3v) is 7.00. The van der Waals surface area contributed by atoms with Gasteiger partial charge in [-0.1, -0.05) is 66.7 Å². The van der Waals surface area contributed by atoms with E-state index >= 15 is 0 Å². The Hall–Kier alpha value is -3.00. The molecule has 3 aromatic carbocycles. The molecule has 1 aliphatic rings. The maximum Gasteiger partial charge on any atom is 0.262 e. The molecule has 29 heavy (non-hydrogen) atoms. The highest BCUT2D eigenvalue weighted by Crippen LogP contribution is 2.30. The van der Waals surface area contributed by atoms with Gasteiger partial charge in [0.25, 0.3) is 5.91 Å². The van der Waals surface area contributed by atoms with E-state index in [0.29, 0.717) is 0 Å². The lowest BCUT2D eigenvalue weighted by Crippen LogP contribution is -2.50. The minimum absolute atomic E-state index is 0.0389. The standard InChI is InChI=1S/C22H20N2O4S/c25-22(23-26)21-13-11-19(16-6-2-1-3-7-16)15-24(21)29(27,28)20-12-10-17-8-4-5-9-18(17)14-20/h1-12,14,21,26H,13,15H2,(H,23,25)/t21-/m1/s1. The molecule has 7 heteroatoms. The van der Waals surface area contributed by atoms with E-state index < -0.39 is 22.0 Å². The first-order valence-corrected chi connectivity index (χ1v) is 10.6. The fourth-order valence-electron chi connectivity index (χ4n) is 3.60. The molecule has 1 amide bonds. The Bertz CT molecular complexity index is 1190. The zero-order chi connectivity index (χ0) is 20.4. The van der Waals surface area contributed by atoms with Crippen LogP contribution < -0.4 is 5.48 Å². The van der Waals surface area contributed by atoms with Gasteiger partial charge < -0.3 is 0 Å². The molecule has 0 aromatic heterocycles. The van der Waals surface area contributed by atoms with Crippen LogP contribution in [0.3, 0.4) is 0 Å². The predicted molar refractivity (Wildman–Crippen MR) is 111 cm³/mol. The quantitative estimate of drug-likeness (QED) is 0.513. The van der Waals surface area contributed by atoms with Crippen molar-refractivity contribution < 1.29 is 18.4 Å². The van der Waals surface area contributed by atoms with Gasteiger partial charge in [-0.15, -0.1) is 0 Å². The number of benzene rings is 3. The molecule has 0 radical (unpaired) electrons. The molecule has 1 heterocycles. The van der Waals surface area contributed by atoms with Crippen LogP contribution >= 0.6 is 0 Å². The lowest BCUT2D eigenvalue weighted by Gasteiger charge is -2.33. The highest BCUT2D eigenvalue weighted by atomic mass is 32.2. The van der Waals surface area contributed by atoms with Gasteiger partial charge in [0.1, 0.15) is 6.04 Å². The first kappa shape index (κ1) is 19.3. The lowest BCUT2D eigenvalue weighted by atomic mass is 9.99. The van der Waals surface area contributed by atoms with Crippen LogP contribution in [-0.2, 0) is 14.8 Å². The Labute approximate surface area is 169 Å². The molecule has 2 N–H and O–H groups in total. The summed E-state index contributed by atoms with van der Waals surface area (Å²) in [5, 5.41) is 10.9. The summed E-state index contributed by atoms with van der Waals surface area (Å²) in [6.45, 7) is 0.0389. The first-order chi connectivity index (χ1) is 14.0. The van der Waals surface area contributed by atoms with Crippen LogP contribution in [0.25, 0.3) is 16.3 Å². The van der Waals surface area contributed by atoms with Crippen LogP contribution in [0.15, 0.2) is 83.8 Å². The van der Waals surface area contributed by atoms with Crippen molar-refractivity contribution in [3.05, 3.63) is 84.4 Å². The number of hydrogen-bond donors (Lipinski definition) is 2. The van der Waals surface area contributed by atoms with Crippen LogP contribution in [0.5, 0.6) is 0 Å². The second-order valence-corrected chi connectivity index (χ2v) is 8.77. The smallest absolute Gasteiger partial charge is 0.262 e. The molecule has 4 rings (SSSR count). The summed E-state index contributed by atoms with van der Waals surface area (Å²) in [5.41, 5.74) is 3.31. The summed E-state index contributed by atoms with van der Waals surface area (Å²) in [5.74, 6) is -0.752. The van der Waals surface area contributed by atoms with Gasteiger partial charge in [-0.2, -0.15) is 4.31 Å². The summed E-state index contributed by atoms with van der Waals surface area (Å²) in [4.78, 5) is 12.3. The molecular weight excluding hydrogens is 388 g/mol. The summed E-state index contributed by atoms with van der Waals surface area (Å²) >= 11 is 0. The van der Waals surface area contributed by atoms with Gasteiger partial charge in [0.2, 0.25) is 10.0 Å². The van der Waals surface area contributed by atoms with E-state index in [-0.39, 0.29) is 17.9 Å². The van der Waals surface area contributed by atoms with Crippen molar-refractivity contribution >= 4 is 32.3 Å². The molecular formula is C22H20N2O4S. The van der Waals surface area contributed by atoms with E-state index in [1.807, 2.05) is 60.7 Å². The molecule has 0 bridgehead atoms. The number of carbonyl (C=O) groups is 1. The maximum absolute atomic E-state index is 13.5. The number of hydrogen-bond acceptors (Lipinski definition) is 4. The van der Waals surface area contributed by atoms with Gasteiger partial charge >= 0.3 is 0 Å². The van der Waals surface area contributed by atoms with Gasteiger partial charge in [0.05, 0.1) is 4.90 Å². The number of nitrogens with zero attached hydrogens (tertiary/aromatic N) is 1. The first-order valence-electron chi connectivity index (χ1n) is 9.20. The Morgan fingerprint density at radius 1 is 0.966 bits per heavy atom. The molecule has 1 aliphatic heterocycles. The zero-order valence-electron chi connectivity index (χ0n) is 15.5. The van der Waals surface area contributed by atoms with E-state index in [9.17, 15) is 13.2 Å². The van der Waals surface area contributed by atoms with Crippen molar-refractivity contribution in [1.82, 2.24) is 9.79 Å². The SMILES string of the molecule is O=C(NO)[C@H]1CC=C(c2ccccc2)CN1S(=O)(=O)c1ccc2ccccc2c1. The largest absolute Gasteiger partial charge is 0.289 e. The fraction of sp³-hybridized carbons (Fsp3) is 0.136. The van der Waals surface area contributed by atoms with Gasteiger partial charge in [0.15, 0.2) is 0 Å². The topological polar surface area (TPSA) is 86.7 Å². The average Bonchev–Trinajstić information content (AvgIpc) is 2.78. The monoisotopic (exact) mass is 408 g/mol. The van der Waals surface area contributed by atoms with Gasteiger partial charge in [-0.25, -0.2) is 13.9 Å². The van der Waals surface area contributed by atoms with E-state index in [1.165, 1.54) is 0 Å². The summed E-state index contributed by atoms with van der Waals surface area (Å²) in [6.07, 6.45) is 2.02. The molecule has 0 spiro atoms. The zero-order valence-corrected chi connectivity index (χ0v) is 16.3. The Balaban J connectivity index is 1.77. The average molecular weight is 408 g/mol. The Morgan fingerprint density at radius 3 is 2.38 bits per heavy atom. The van der Waals surface area contributed by atoms with Gasteiger partial charge in [0, 0.05) is 6.54 Å². The van der Waals surface area contributed by atoms with Crippen LogP contribution in [0, 0.1) is 0 Å². The van der Waals surface area contributed by atoms with Crippen LogP contribution in [0.1, 0.15) is 12.0 Å². The summed E-state index contributed by atoms with van der Waals surface area (Å²) in [7, 11) is -3.98. The van der Waals surface area contributed by atoms with E-state index in [1.54, 1.807) is 23.7 Å². The van der Waals surface area contributed by atoms with Crippen molar-refractivity contribution in [3.8, 4) is 0 Å². The third kappa shape index (κ3) is 3.67. The number of carbonyl (C=O) groups excluding carboxylic acids is 1. The number of hydroxylamine groups is 1. The number of fused-ring (bicyclic) bond motifs is 1. The number of amides is 1. The lowest BCUT2D eigenvalue weighted by molar-refractivity contribution is -0.133. The van der Waals surface area contributed by atoms with Crippen molar-refractivity contribution in [2.75, 3.05) is 6.54 Å². The van der Waals surface area contributed by atoms with E-state index in [2.05, 4.69) is 0 Å². The molecule has 0 fully saturated rings. The maximum atomic E-state index is 13.5. The van der Waals surface area contributed by atoms with Crippen LogP contribution in [-0.4, -0.2) is 36.4 Å². The molecule has 3 aromatic rings. The Kier molecular flexibility index (Phi) is 5.19. The number of sulfonamides is 1. The predicted octanol–water partition coefficient (Wildman–Crippen LogP) is 3.19. The van der Waals surface area contributed by atoms with Crippen LogP contribution in [0.4, 0.5) is 0 Å². The molecule has 1 atom stereocenters. The van der Waals surface area contributed by atoms with Crippen LogP contribution in [0.2, 0.25) is 0 Å². The minimum Gasteiger partial charge on any atom is -0.289 e.